The van der Waals surface area contributed by atoms with Crippen molar-refractivity contribution < 1.29 is 13.2 Å². The van der Waals surface area contributed by atoms with Crippen LogP contribution in [0.4, 0.5) is 0 Å². The second-order valence-corrected chi connectivity index (χ2v) is 8.30. The first-order chi connectivity index (χ1) is 10.9. The number of rotatable bonds is 4. The van der Waals surface area contributed by atoms with Crippen LogP contribution in [-0.4, -0.2) is 45.1 Å². The Kier molecular flexibility index (Phi) is 6.25. The van der Waals surface area contributed by atoms with Gasteiger partial charge in [-0.3, -0.25) is 4.79 Å². The van der Waals surface area contributed by atoms with E-state index in [-0.39, 0.29) is 24.2 Å². The van der Waals surface area contributed by atoms with Crippen molar-refractivity contribution in [2.24, 2.45) is 5.92 Å². The molecule has 3 rings (SSSR count). The molecular weight excluding hydrogens is 350 g/mol. The number of halogens is 1. The van der Waals surface area contributed by atoms with E-state index in [1.165, 1.54) is 11.1 Å². The van der Waals surface area contributed by atoms with Crippen LogP contribution in [0.25, 0.3) is 0 Å². The van der Waals surface area contributed by atoms with Gasteiger partial charge in [0.15, 0.2) is 0 Å². The second-order valence-electron chi connectivity index (χ2n) is 6.47. The quantitative estimate of drug-likeness (QED) is 0.828. The third-order valence-electron chi connectivity index (χ3n) is 4.52. The topological polar surface area (TPSA) is 78.5 Å². The van der Waals surface area contributed by atoms with E-state index in [2.05, 4.69) is 10.0 Å². The second kappa shape index (κ2) is 7.82. The maximum absolute atomic E-state index is 12.7. The summed E-state index contributed by atoms with van der Waals surface area (Å²) in [7, 11) is -3.18. The number of nitrogens with one attached hydrogen (secondary N) is 2. The Morgan fingerprint density at radius 1 is 1.33 bits per heavy atom. The smallest absolute Gasteiger partial charge is 0.253 e. The Bertz CT molecular complexity index is 709. The molecule has 0 aliphatic carbocycles. The van der Waals surface area contributed by atoms with Crippen molar-refractivity contribution in [2.75, 3.05) is 25.9 Å². The molecule has 1 amide bonds. The average Bonchev–Trinajstić information content (AvgIpc) is 2.99. The van der Waals surface area contributed by atoms with Crippen LogP contribution >= 0.6 is 12.4 Å². The zero-order valence-electron chi connectivity index (χ0n) is 13.7. The molecule has 0 radical (unpaired) electrons. The lowest BCUT2D eigenvalue weighted by molar-refractivity contribution is 0.0676. The number of benzene rings is 1. The van der Waals surface area contributed by atoms with Gasteiger partial charge in [-0.1, -0.05) is 6.07 Å². The summed E-state index contributed by atoms with van der Waals surface area (Å²) < 4.78 is 25.0. The van der Waals surface area contributed by atoms with Crippen LogP contribution in [-0.2, 0) is 23.1 Å². The Hall–Kier alpha value is -1.15. The van der Waals surface area contributed by atoms with Crippen molar-refractivity contribution in [2.45, 2.75) is 25.9 Å². The molecule has 24 heavy (non-hydrogen) atoms. The molecule has 1 aromatic carbocycles. The first-order valence-electron chi connectivity index (χ1n) is 7.99. The van der Waals surface area contributed by atoms with E-state index in [0.29, 0.717) is 13.1 Å². The maximum atomic E-state index is 12.7. The van der Waals surface area contributed by atoms with E-state index in [0.717, 1.165) is 44.3 Å². The van der Waals surface area contributed by atoms with E-state index in [1.807, 2.05) is 23.1 Å². The van der Waals surface area contributed by atoms with E-state index in [9.17, 15) is 13.2 Å². The maximum Gasteiger partial charge on any atom is 0.253 e. The molecule has 0 saturated carbocycles. The molecule has 2 N–H and O–H groups in total. The SMILES string of the molecule is CS(=O)(=O)NCC1CCCN(C(=O)c2ccc3c(c2)CNC3)C1.Cl. The standard InChI is InChI=1S/C16H23N3O3S.ClH/c1-23(21,22)18-8-12-3-2-6-19(11-12)16(20)13-4-5-14-9-17-10-15(14)7-13;/h4-5,7,12,17-18H,2-3,6,8-11H2,1H3;1H. The summed E-state index contributed by atoms with van der Waals surface area (Å²) in [6.07, 6.45) is 3.02. The molecule has 134 valence electrons. The minimum atomic E-state index is -3.18. The zero-order valence-corrected chi connectivity index (χ0v) is 15.4. The number of sulfonamides is 1. The third-order valence-corrected chi connectivity index (χ3v) is 5.22. The molecule has 0 spiro atoms. The largest absolute Gasteiger partial charge is 0.338 e. The number of amides is 1. The van der Waals surface area contributed by atoms with Crippen molar-refractivity contribution in [1.29, 1.82) is 0 Å². The summed E-state index contributed by atoms with van der Waals surface area (Å²) in [5.41, 5.74) is 3.18. The van der Waals surface area contributed by atoms with Gasteiger partial charge in [-0.25, -0.2) is 13.1 Å². The molecule has 1 unspecified atom stereocenters. The molecule has 2 aliphatic heterocycles. The number of carbonyl (C=O) groups is 1. The van der Waals surface area contributed by atoms with Gasteiger partial charge >= 0.3 is 0 Å². The lowest BCUT2D eigenvalue weighted by Crippen LogP contribution is -2.43. The number of likely N-dealkylation sites (tertiary alicyclic amines) is 1. The van der Waals surface area contributed by atoms with E-state index < -0.39 is 10.0 Å². The molecule has 1 fully saturated rings. The number of hydrogen-bond acceptors (Lipinski definition) is 4. The van der Waals surface area contributed by atoms with E-state index in [4.69, 9.17) is 0 Å². The first-order valence-corrected chi connectivity index (χ1v) is 9.88. The molecule has 1 aromatic rings. The van der Waals surface area contributed by atoms with Gasteiger partial charge in [0.05, 0.1) is 6.26 Å². The Morgan fingerprint density at radius 2 is 2.08 bits per heavy atom. The molecule has 1 atom stereocenters. The van der Waals surface area contributed by atoms with Gasteiger partial charge in [0, 0.05) is 38.3 Å². The van der Waals surface area contributed by atoms with E-state index >= 15 is 0 Å². The summed E-state index contributed by atoms with van der Waals surface area (Å²) in [5, 5.41) is 3.28. The van der Waals surface area contributed by atoms with Gasteiger partial charge in [0.25, 0.3) is 5.91 Å². The summed E-state index contributed by atoms with van der Waals surface area (Å²) >= 11 is 0. The van der Waals surface area contributed by atoms with Crippen LogP contribution in [0.2, 0.25) is 0 Å². The van der Waals surface area contributed by atoms with Gasteiger partial charge in [-0.05, 0) is 42.0 Å². The van der Waals surface area contributed by atoms with Gasteiger partial charge in [0.1, 0.15) is 0 Å². The zero-order chi connectivity index (χ0) is 16.4. The highest BCUT2D eigenvalue weighted by molar-refractivity contribution is 7.88. The van der Waals surface area contributed by atoms with Crippen LogP contribution in [0, 0.1) is 5.92 Å². The summed E-state index contributed by atoms with van der Waals surface area (Å²) in [6, 6.07) is 5.90. The van der Waals surface area contributed by atoms with Crippen molar-refractivity contribution >= 4 is 28.3 Å². The molecule has 0 bridgehead atoms. The molecule has 6 nitrogen and oxygen atoms in total. The summed E-state index contributed by atoms with van der Waals surface area (Å²) in [5.74, 6) is 0.224. The molecule has 8 heteroatoms. The highest BCUT2D eigenvalue weighted by Gasteiger charge is 2.25. The predicted molar refractivity (Wildman–Crippen MR) is 95.7 cm³/mol. The van der Waals surface area contributed by atoms with Crippen LogP contribution < -0.4 is 10.0 Å². The summed E-state index contributed by atoms with van der Waals surface area (Å²) in [6.45, 7) is 3.43. The predicted octanol–water partition coefficient (Wildman–Crippen LogP) is 1.11. The van der Waals surface area contributed by atoms with Crippen LogP contribution in [0.5, 0.6) is 0 Å². The number of nitrogens with zero attached hydrogens (tertiary/aromatic N) is 1. The van der Waals surface area contributed by atoms with Crippen LogP contribution in [0.15, 0.2) is 18.2 Å². The molecular formula is C16H24ClN3O3S. The van der Waals surface area contributed by atoms with Crippen LogP contribution in [0.1, 0.15) is 34.3 Å². The summed E-state index contributed by atoms with van der Waals surface area (Å²) in [4.78, 5) is 14.6. The Morgan fingerprint density at radius 3 is 2.83 bits per heavy atom. The minimum absolute atomic E-state index is 0. The molecule has 2 heterocycles. The lowest BCUT2D eigenvalue weighted by Gasteiger charge is -2.33. The number of hydrogen-bond donors (Lipinski definition) is 2. The highest BCUT2D eigenvalue weighted by atomic mass is 35.5. The fraction of sp³-hybridized carbons (Fsp3) is 0.562. The van der Waals surface area contributed by atoms with Gasteiger partial charge in [0.2, 0.25) is 10.0 Å². The first kappa shape index (κ1) is 19.2. The van der Waals surface area contributed by atoms with Crippen molar-refractivity contribution in [1.82, 2.24) is 14.9 Å². The Labute approximate surface area is 149 Å². The fourth-order valence-corrected chi connectivity index (χ4v) is 3.83. The third kappa shape index (κ3) is 4.69. The number of piperidine rings is 1. The monoisotopic (exact) mass is 373 g/mol. The van der Waals surface area contributed by atoms with Gasteiger partial charge < -0.3 is 10.2 Å². The van der Waals surface area contributed by atoms with E-state index in [1.54, 1.807) is 0 Å². The normalized spacial score (nSPS) is 20.4. The fourth-order valence-electron chi connectivity index (χ4n) is 3.30. The van der Waals surface area contributed by atoms with Crippen LogP contribution in [0.3, 0.4) is 0 Å². The Balaban J connectivity index is 0.00000208. The van der Waals surface area contributed by atoms with Crippen molar-refractivity contribution in [3.05, 3.63) is 34.9 Å². The van der Waals surface area contributed by atoms with Crippen molar-refractivity contribution in [3.8, 4) is 0 Å². The highest BCUT2D eigenvalue weighted by Crippen LogP contribution is 2.21. The van der Waals surface area contributed by atoms with Gasteiger partial charge in [-0.15, -0.1) is 12.4 Å². The molecule has 2 aliphatic rings. The number of carbonyl (C=O) groups excluding carboxylic acids is 1. The molecule has 0 aromatic heterocycles. The van der Waals surface area contributed by atoms with Gasteiger partial charge in [-0.2, -0.15) is 0 Å². The van der Waals surface area contributed by atoms with Crippen molar-refractivity contribution in [3.63, 3.8) is 0 Å². The molecule has 1 saturated heterocycles. The minimum Gasteiger partial charge on any atom is -0.338 e. The number of fused-ring (bicyclic) bond motifs is 1. The lowest BCUT2D eigenvalue weighted by atomic mass is 9.97. The average molecular weight is 374 g/mol.